The first-order chi connectivity index (χ1) is 8.17. The lowest BCUT2D eigenvalue weighted by Gasteiger charge is -2.17. The van der Waals surface area contributed by atoms with Gasteiger partial charge < -0.3 is 24.7 Å². The van der Waals surface area contributed by atoms with Gasteiger partial charge in [-0.1, -0.05) is 0 Å². The molecule has 0 aliphatic carbocycles. The minimum atomic E-state index is -0.927. The molecule has 7 nitrogen and oxygen atoms in total. The van der Waals surface area contributed by atoms with Gasteiger partial charge in [0.05, 0.1) is 18.5 Å². The Kier molecular flexibility index (Phi) is 3.53. The summed E-state index contributed by atoms with van der Waals surface area (Å²) in [6, 6.07) is 0. The molecule has 0 amide bonds. The molecule has 1 aliphatic heterocycles. The number of aliphatic hydroxyl groups is 2. The summed E-state index contributed by atoms with van der Waals surface area (Å²) >= 11 is 0. The second kappa shape index (κ2) is 4.92. The van der Waals surface area contributed by atoms with E-state index in [0.29, 0.717) is 5.69 Å². The van der Waals surface area contributed by atoms with Crippen molar-refractivity contribution in [2.75, 3.05) is 13.7 Å². The third-order valence-corrected chi connectivity index (χ3v) is 2.77. The second-order valence-electron chi connectivity index (χ2n) is 3.80. The Morgan fingerprint density at radius 2 is 2.41 bits per heavy atom. The molecule has 1 aromatic heterocycles. The molecule has 17 heavy (non-hydrogen) atoms. The Balaban J connectivity index is 2.25. The van der Waals surface area contributed by atoms with Crippen molar-refractivity contribution in [2.24, 2.45) is 0 Å². The molecule has 1 fully saturated rings. The molecule has 3 N–H and O–H groups in total. The van der Waals surface area contributed by atoms with Crippen molar-refractivity contribution in [3.63, 3.8) is 0 Å². The molecule has 94 valence electrons. The predicted octanol–water partition coefficient (Wildman–Crippen LogP) is -1.42. The van der Waals surface area contributed by atoms with Crippen molar-refractivity contribution < 1.29 is 19.7 Å². The molecule has 0 bridgehead atoms. The Morgan fingerprint density at radius 1 is 1.65 bits per heavy atom. The fourth-order valence-corrected chi connectivity index (χ4v) is 1.90. The first-order valence-electron chi connectivity index (χ1n) is 5.19. The highest BCUT2D eigenvalue weighted by Gasteiger charge is 2.45. The third kappa shape index (κ3) is 2.22. The van der Waals surface area contributed by atoms with Crippen molar-refractivity contribution in [2.45, 2.75) is 24.4 Å². The number of ether oxygens (including phenoxy) is 2. The van der Waals surface area contributed by atoms with E-state index in [4.69, 9.17) is 14.6 Å². The zero-order valence-corrected chi connectivity index (χ0v) is 9.24. The van der Waals surface area contributed by atoms with Gasteiger partial charge in [-0.3, -0.25) is 9.78 Å². The first-order valence-corrected chi connectivity index (χ1v) is 5.19. The average Bonchev–Trinajstić information content (AvgIpc) is 2.66. The van der Waals surface area contributed by atoms with Crippen LogP contribution in [-0.2, 0) is 9.47 Å². The first kappa shape index (κ1) is 12.2. The van der Waals surface area contributed by atoms with Crippen LogP contribution in [0.3, 0.4) is 0 Å². The van der Waals surface area contributed by atoms with Crippen molar-refractivity contribution in [3.05, 3.63) is 28.4 Å². The fraction of sp³-hybridized carbons (Fsp3) is 0.600. The Labute approximate surface area is 97.0 Å². The van der Waals surface area contributed by atoms with Gasteiger partial charge in [0.2, 0.25) is 0 Å². The number of nitrogens with zero attached hydrogens (tertiary/aromatic N) is 1. The third-order valence-electron chi connectivity index (χ3n) is 2.77. The lowest BCUT2D eigenvalue weighted by atomic mass is 10.1. The minimum absolute atomic E-state index is 0.305. The lowest BCUT2D eigenvalue weighted by Crippen LogP contribution is -2.34. The molecule has 2 rings (SSSR count). The zero-order chi connectivity index (χ0) is 12.4. The van der Waals surface area contributed by atoms with E-state index in [2.05, 4.69) is 9.97 Å². The normalized spacial score (nSPS) is 32.9. The van der Waals surface area contributed by atoms with Crippen LogP contribution in [0.1, 0.15) is 11.8 Å². The maximum absolute atomic E-state index is 10.9. The van der Waals surface area contributed by atoms with Crippen LogP contribution >= 0.6 is 0 Å². The van der Waals surface area contributed by atoms with Crippen LogP contribution in [0.25, 0.3) is 0 Å². The van der Waals surface area contributed by atoms with E-state index in [0.717, 1.165) is 6.20 Å². The van der Waals surface area contributed by atoms with E-state index in [1.807, 2.05) is 0 Å². The van der Waals surface area contributed by atoms with Crippen LogP contribution in [-0.4, -0.2) is 52.2 Å². The highest BCUT2D eigenvalue weighted by molar-refractivity contribution is 5.08. The molecular weight excluding hydrogens is 228 g/mol. The number of nitrogens with one attached hydrogen (secondary N) is 1. The molecule has 4 atom stereocenters. The summed E-state index contributed by atoms with van der Waals surface area (Å²) in [6.07, 6.45) is -0.327. The van der Waals surface area contributed by atoms with E-state index in [9.17, 15) is 9.90 Å². The van der Waals surface area contributed by atoms with E-state index in [-0.39, 0.29) is 12.2 Å². The second-order valence-corrected chi connectivity index (χ2v) is 3.80. The van der Waals surface area contributed by atoms with Gasteiger partial charge in [0, 0.05) is 13.3 Å². The van der Waals surface area contributed by atoms with Crippen molar-refractivity contribution in [3.8, 4) is 0 Å². The molecular formula is C10H14N2O5. The van der Waals surface area contributed by atoms with E-state index in [1.54, 1.807) is 0 Å². The Hall–Kier alpha value is -1.28. The quantitative estimate of drug-likeness (QED) is 0.600. The number of H-pyrrole nitrogens is 1. The van der Waals surface area contributed by atoms with Crippen LogP contribution in [0.5, 0.6) is 0 Å². The van der Waals surface area contributed by atoms with Gasteiger partial charge in [-0.15, -0.1) is 0 Å². The highest BCUT2D eigenvalue weighted by Crippen LogP contribution is 2.33. The lowest BCUT2D eigenvalue weighted by molar-refractivity contribution is -0.0251. The SMILES string of the molecule is CO[C@H]1C(O)[C@@H](CO)O[C@H]1c1c[nH]c(=O)cn1. The van der Waals surface area contributed by atoms with E-state index >= 15 is 0 Å². The smallest absolute Gasteiger partial charge is 0.266 e. The topological polar surface area (TPSA) is 105 Å². The summed E-state index contributed by atoms with van der Waals surface area (Å²) < 4.78 is 10.6. The molecule has 2 heterocycles. The van der Waals surface area contributed by atoms with Crippen LogP contribution in [0.15, 0.2) is 17.2 Å². The van der Waals surface area contributed by atoms with Crippen molar-refractivity contribution >= 4 is 0 Å². The van der Waals surface area contributed by atoms with Gasteiger partial charge >= 0.3 is 0 Å². The van der Waals surface area contributed by atoms with Crippen LogP contribution in [0, 0.1) is 0 Å². The summed E-state index contributed by atoms with van der Waals surface area (Å²) in [5.74, 6) is 0. The number of hydrogen-bond donors (Lipinski definition) is 3. The van der Waals surface area contributed by atoms with Gasteiger partial charge in [0.1, 0.15) is 24.4 Å². The van der Waals surface area contributed by atoms with Gasteiger partial charge in [-0.05, 0) is 0 Å². The standard InChI is InChI=1S/C10H14N2O5/c1-16-10-8(15)6(4-13)17-9(10)5-2-12-7(14)3-11-5/h2-3,6,8-10,13,15H,4H2,1H3,(H,12,14)/t6-,8?,9+,10+/m1/s1. The fourth-order valence-electron chi connectivity index (χ4n) is 1.90. The summed E-state index contributed by atoms with van der Waals surface area (Å²) in [6.45, 7) is -0.305. The average molecular weight is 242 g/mol. The number of aliphatic hydroxyl groups excluding tert-OH is 2. The molecule has 0 aromatic carbocycles. The predicted molar refractivity (Wildman–Crippen MR) is 56.4 cm³/mol. The Morgan fingerprint density at radius 3 is 2.94 bits per heavy atom. The number of hydrogen-bond acceptors (Lipinski definition) is 6. The van der Waals surface area contributed by atoms with Gasteiger partial charge in [0.25, 0.3) is 5.56 Å². The molecule has 1 aliphatic rings. The van der Waals surface area contributed by atoms with Crippen LogP contribution in [0.2, 0.25) is 0 Å². The number of aromatic nitrogens is 2. The molecule has 1 aromatic rings. The van der Waals surface area contributed by atoms with Gasteiger partial charge in [-0.2, -0.15) is 0 Å². The van der Waals surface area contributed by atoms with Crippen LogP contribution in [0.4, 0.5) is 0 Å². The Bertz CT molecular complexity index is 414. The van der Waals surface area contributed by atoms with E-state index in [1.165, 1.54) is 13.3 Å². The number of rotatable bonds is 3. The van der Waals surface area contributed by atoms with E-state index < -0.39 is 24.4 Å². The minimum Gasteiger partial charge on any atom is -0.394 e. The molecule has 0 radical (unpaired) electrons. The monoisotopic (exact) mass is 242 g/mol. The molecule has 7 heteroatoms. The maximum Gasteiger partial charge on any atom is 0.266 e. The molecule has 0 spiro atoms. The molecule has 0 saturated carbocycles. The highest BCUT2D eigenvalue weighted by atomic mass is 16.6. The van der Waals surface area contributed by atoms with Crippen LogP contribution < -0.4 is 5.56 Å². The molecule has 1 unspecified atom stereocenters. The number of methoxy groups -OCH3 is 1. The number of aromatic amines is 1. The summed E-state index contributed by atoms with van der Waals surface area (Å²) in [7, 11) is 1.44. The van der Waals surface area contributed by atoms with Gasteiger partial charge in [-0.25, -0.2) is 0 Å². The summed E-state index contributed by atoms with van der Waals surface area (Å²) in [5, 5.41) is 18.9. The maximum atomic E-state index is 10.9. The zero-order valence-electron chi connectivity index (χ0n) is 9.24. The van der Waals surface area contributed by atoms with Gasteiger partial charge in [0.15, 0.2) is 0 Å². The summed E-state index contributed by atoms with van der Waals surface area (Å²) in [5.41, 5.74) is 0.131. The van der Waals surface area contributed by atoms with Crippen molar-refractivity contribution in [1.29, 1.82) is 0 Å². The largest absolute Gasteiger partial charge is 0.394 e. The van der Waals surface area contributed by atoms with Crippen molar-refractivity contribution in [1.82, 2.24) is 9.97 Å². The molecule has 1 saturated heterocycles. The summed E-state index contributed by atoms with van der Waals surface area (Å²) in [4.78, 5) is 17.3.